The Bertz CT molecular complexity index is 722. The van der Waals surface area contributed by atoms with Gasteiger partial charge in [0.2, 0.25) is 0 Å². The number of halogens is 1. The van der Waals surface area contributed by atoms with Crippen LogP contribution in [0.2, 0.25) is 0 Å². The summed E-state index contributed by atoms with van der Waals surface area (Å²) in [5, 5.41) is 15.6. The van der Waals surface area contributed by atoms with Gasteiger partial charge in [0.25, 0.3) is 0 Å². The van der Waals surface area contributed by atoms with Gasteiger partial charge in [0, 0.05) is 21.5 Å². The van der Waals surface area contributed by atoms with Crippen molar-refractivity contribution in [3.05, 3.63) is 38.1 Å². The van der Waals surface area contributed by atoms with Crippen LogP contribution in [0.3, 0.4) is 0 Å². The second-order valence-corrected chi connectivity index (χ2v) is 6.93. The van der Waals surface area contributed by atoms with E-state index in [-0.39, 0.29) is 16.7 Å². The van der Waals surface area contributed by atoms with Crippen molar-refractivity contribution in [3.8, 4) is 0 Å². The molecule has 0 radical (unpaired) electrons. The van der Waals surface area contributed by atoms with E-state index >= 15 is 0 Å². The molecule has 6 nitrogen and oxygen atoms in total. The van der Waals surface area contributed by atoms with Crippen molar-refractivity contribution in [1.82, 2.24) is 9.88 Å². The number of nitrogens with zero attached hydrogens (tertiary/aromatic N) is 3. The molecule has 3 rings (SSSR count). The van der Waals surface area contributed by atoms with Crippen molar-refractivity contribution >= 4 is 44.9 Å². The van der Waals surface area contributed by atoms with Crippen LogP contribution < -0.4 is 5.32 Å². The molecule has 1 fully saturated rings. The van der Waals surface area contributed by atoms with Crippen molar-refractivity contribution in [2.75, 3.05) is 25.5 Å². The number of rotatable bonds is 3. The van der Waals surface area contributed by atoms with Crippen molar-refractivity contribution in [1.29, 1.82) is 0 Å². The fourth-order valence-electron chi connectivity index (χ4n) is 2.93. The van der Waals surface area contributed by atoms with Gasteiger partial charge in [-0.1, -0.05) is 0 Å². The van der Waals surface area contributed by atoms with Gasteiger partial charge < -0.3 is 10.2 Å². The van der Waals surface area contributed by atoms with Gasteiger partial charge in [-0.25, -0.2) is 4.98 Å². The lowest BCUT2D eigenvalue weighted by molar-refractivity contribution is -0.384. The monoisotopic (exact) mass is 412 g/mol. The lowest BCUT2D eigenvalue weighted by Crippen LogP contribution is -2.39. The molecule has 116 valence electrons. The molecule has 0 unspecified atom stereocenters. The third-order valence-corrected chi connectivity index (χ3v) is 4.65. The number of aromatic nitrogens is 1. The van der Waals surface area contributed by atoms with Crippen LogP contribution in [0.5, 0.6) is 0 Å². The summed E-state index contributed by atoms with van der Waals surface area (Å²) in [5.74, 6) is 0. The molecule has 1 aromatic carbocycles. The van der Waals surface area contributed by atoms with Crippen LogP contribution in [0.15, 0.2) is 24.4 Å². The fourth-order valence-corrected chi connectivity index (χ4v) is 3.42. The Balaban J connectivity index is 2.05. The van der Waals surface area contributed by atoms with Crippen molar-refractivity contribution in [3.63, 3.8) is 0 Å². The third kappa shape index (κ3) is 3.14. The average molecular weight is 412 g/mol. The van der Waals surface area contributed by atoms with E-state index in [4.69, 9.17) is 0 Å². The number of likely N-dealkylation sites (tertiary alicyclic amines) is 1. The van der Waals surface area contributed by atoms with Gasteiger partial charge >= 0.3 is 5.69 Å². The molecule has 0 spiro atoms. The van der Waals surface area contributed by atoms with Crippen molar-refractivity contribution < 1.29 is 4.92 Å². The molecule has 0 amide bonds. The normalized spacial score (nSPS) is 19.3. The molecule has 2 aromatic rings. The molecule has 1 aromatic heterocycles. The summed E-state index contributed by atoms with van der Waals surface area (Å²) in [6, 6.07) is 6.03. The van der Waals surface area contributed by atoms with Gasteiger partial charge in [-0.2, -0.15) is 0 Å². The third-order valence-electron chi connectivity index (χ3n) is 3.98. The quantitative estimate of drug-likeness (QED) is 0.476. The molecular formula is C15H17IN4O2. The molecule has 1 atom stereocenters. The van der Waals surface area contributed by atoms with Crippen LogP contribution in [0, 0.1) is 13.7 Å². The minimum atomic E-state index is -0.360. The number of likely N-dealkylation sites (N-methyl/N-ethyl adjacent to an activating group) is 1. The second kappa shape index (κ2) is 6.33. The number of nitrogens with one attached hydrogen (secondary N) is 1. The van der Waals surface area contributed by atoms with Crippen LogP contribution >= 0.6 is 22.6 Å². The SMILES string of the molecule is CN1CCC[C@@H](Nc2c([N+](=O)[O-])cnc3ccc(I)cc23)C1. The number of anilines is 1. The molecule has 1 aliphatic heterocycles. The summed E-state index contributed by atoms with van der Waals surface area (Å²) in [6.07, 6.45) is 3.47. The Morgan fingerprint density at radius 2 is 2.32 bits per heavy atom. The maximum Gasteiger partial charge on any atom is 0.311 e. The maximum absolute atomic E-state index is 11.4. The van der Waals surface area contributed by atoms with Crippen molar-refractivity contribution in [2.24, 2.45) is 0 Å². The first-order valence-electron chi connectivity index (χ1n) is 7.22. The predicted octanol–water partition coefficient (Wildman–Crippen LogP) is 3.25. The Morgan fingerprint density at radius 3 is 3.05 bits per heavy atom. The molecule has 0 bridgehead atoms. The summed E-state index contributed by atoms with van der Waals surface area (Å²) in [7, 11) is 2.08. The highest BCUT2D eigenvalue weighted by atomic mass is 127. The van der Waals surface area contributed by atoms with Crippen LogP contribution in [0.25, 0.3) is 10.9 Å². The first kappa shape index (κ1) is 15.4. The molecule has 2 heterocycles. The highest BCUT2D eigenvalue weighted by Gasteiger charge is 2.23. The van der Waals surface area contributed by atoms with Crippen LogP contribution in [-0.2, 0) is 0 Å². The number of benzene rings is 1. The number of fused-ring (bicyclic) bond motifs is 1. The van der Waals surface area contributed by atoms with Crippen LogP contribution in [0.4, 0.5) is 11.4 Å². The van der Waals surface area contributed by atoms with E-state index < -0.39 is 0 Å². The zero-order chi connectivity index (χ0) is 15.7. The lowest BCUT2D eigenvalue weighted by Gasteiger charge is -2.31. The molecule has 7 heteroatoms. The number of pyridine rings is 1. The van der Waals surface area contributed by atoms with Crippen LogP contribution in [-0.4, -0.2) is 41.0 Å². The minimum absolute atomic E-state index is 0.0442. The topological polar surface area (TPSA) is 71.3 Å². The molecule has 22 heavy (non-hydrogen) atoms. The molecule has 1 saturated heterocycles. The van der Waals surface area contributed by atoms with Gasteiger partial charge in [-0.05, 0) is 67.2 Å². The largest absolute Gasteiger partial charge is 0.375 e. The van der Waals surface area contributed by atoms with E-state index in [9.17, 15) is 10.1 Å². The number of piperidine rings is 1. The Hall–Kier alpha value is -1.48. The van der Waals surface area contributed by atoms with Crippen molar-refractivity contribution in [2.45, 2.75) is 18.9 Å². The Kier molecular flexibility index (Phi) is 4.44. The molecule has 1 N–H and O–H groups in total. The Labute approximate surface area is 142 Å². The summed E-state index contributed by atoms with van der Waals surface area (Å²) in [4.78, 5) is 17.5. The van der Waals surface area contributed by atoms with E-state index in [1.54, 1.807) is 0 Å². The highest BCUT2D eigenvalue weighted by Crippen LogP contribution is 2.33. The van der Waals surface area contributed by atoms with E-state index in [0.717, 1.165) is 40.4 Å². The zero-order valence-electron chi connectivity index (χ0n) is 12.3. The fraction of sp³-hybridized carbons (Fsp3) is 0.400. The predicted molar refractivity (Wildman–Crippen MR) is 95.3 cm³/mol. The first-order chi connectivity index (χ1) is 10.5. The van der Waals surface area contributed by atoms with E-state index in [2.05, 4.69) is 44.8 Å². The smallest absolute Gasteiger partial charge is 0.311 e. The van der Waals surface area contributed by atoms with E-state index in [1.165, 1.54) is 6.20 Å². The first-order valence-corrected chi connectivity index (χ1v) is 8.30. The maximum atomic E-state index is 11.4. The second-order valence-electron chi connectivity index (χ2n) is 5.68. The van der Waals surface area contributed by atoms with Gasteiger partial charge in [0.1, 0.15) is 11.9 Å². The lowest BCUT2D eigenvalue weighted by atomic mass is 10.0. The van der Waals surface area contributed by atoms with E-state index in [0.29, 0.717) is 5.69 Å². The number of hydrogen-bond acceptors (Lipinski definition) is 5. The highest BCUT2D eigenvalue weighted by molar-refractivity contribution is 14.1. The standard InChI is InChI=1S/C15H17IN4O2/c1-19-6-2-3-11(9-19)18-15-12-7-10(16)4-5-13(12)17-8-14(15)20(21)22/h4-5,7-8,11H,2-3,6,9H2,1H3,(H,17,18)/t11-/m1/s1. The number of nitro groups is 1. The Morgan fingerprint density at radius 1 is 1.50 bits per heavy atom. The van der Waals surface area contributed by atoms with E-state index in [1.807, 2.05) is 18.2 Å². The van der Waals surface area contributed by atoms with Gasteiger partial charge in [0.15, 0.2) is 0 Å². The van der Waals surface area contributed by atoms with Gasteiger partial charge in [-0.15, -0.1) is 0 Å². The van der Waals surface area contributed by atoms with Gasteiger partial charge in [0.05, 0.1) is 10.4 Å². The molecular weight excluding hydrogens is 395 g/mol. The molecule has 0 aliphatic carbocycles. The minimum Gasteiger partial charge on any atom is -0.375 e. The van der Waals surface area contributed by atoms with Crippen LogP contribution in [0.1, 0.15) is 12.8 Å². The zero-order valence-corrected chi connectivity index (χ0v) is 14.4. The molecule has 1 aliphatic rings. The number of hydrogen-bond donors (Lipinski definition) is 1. The summed E-state index contributed by atoms with van der Waals surface area (Å²) in [5.41, 5.74) is 1.41. The van der Waals surface area contributed by atoms with Gasteiger partial charge in [-0.3, -0.25) is 10.1 Å². The summed E-state index contributed by atoms with van der Waals surface area (Å²) in [6.45, 7) is 1.97. The molecule has 0 saturated carbocycles. The summed E-state index contributed by atoms with van der Waals surface area (Å²) >= 11 is 2.21. The average Bonchev–Trinajstić information content (AvgIpc) is 2.47. The summed E-state index contributed by atoms with van der Waals surface area (Å²) < 4.78 is 1.04.